The summed E-state index contributed by atoms with van der Waals surface area (Å²) < 4.78 is 5.13. The highest BCUT2D eigenvalue weighted by Crippen LogP contribution is 2.25. The molecule has 1 atom stereocenters. The van der Waals surface area contributed by atoms with E-state index in [9.17, 15) is 24.9 Å². The van der Waals surface area contributed by atoms with Crippen LogP contribution in [0.2, 0.25) is 0 Å². The molecule has 0 fully saturated rings. The number of hydrogen-bond donors (Lipinski definition) is 4. The number of rotatable bonds is 9. The second-order valence-electron chi connectivity index (χ2n) is 5.73. The lowest BCUT2D eigenvalue weighted by Crippen LogP contribution is -2.39. The first-order valence-electron chi connectivity index (χ1n) is 8.16. The molecule has 0 saturated carbocycles. The van der Waals surface area contributed by atoms with Crippen molar-refractivity contribution >= 4 is 24.3 Å². The predicted octanol–water partition coefficient (Wildman–Crippen LogP) is 2.35. The fourth-order valence-corrected chi connectivity index (χ4v) is 2.35. The summed E-state index contributed by atoms with van der Waals surface area (Å²) >= 11 is 0. The minimum atomic E-state index is -1.03. The molecule has 8 heteroatoms. The Morgan fingerprint density at radius 1 is 1.04 bits per heavy atom. The van der Waals surface area contributed by atoms with Crippen molar-refractivity contribution in [3.8, 4) is 11.5 Å². The number of halogens is 1. The molecule has 0 heterocycles. The van der Waals surface area contributed by atoms with E-state index in [-0.39, 0.29) is 36.9 Å². The molecule has 2 aromatic carbocycles. The normalized spacial score (nSPS) is 11.3. The van der Waals surface area contributed by atoms with Crippen molar-refractivity contribution < 1.29 is 29.6 Å². The fraction of sp³-hybridized carbons (Fsp3) is 0.263. The highest BCUT2D eigenvalue weighted by molar-refractivity contribution is 5.89. The zero-order chi connectivity index (χ0) is 18.9. The third-order valence-corrected chi connectivity index (χ3v) is 3.73. The Morgan fingerprint density at radius 2 is 1.74 bits per heavy atom. The molecule has 0 saturated heterocycles. The molecule has 0 aliphatic carbocycles. The van der Waals surface area contributed by atoms with Gasteiger partial charge in [0.1, 0.15) is 6.04 Å². The average molecular weight is 396 g/mol. The average Bonchev–Trinajstić information content (AvgIpc) is 2.63. The topological polar surface area (TPSA) is 116 Å². The van der Waals surface area contributed by atoms with Crippen LogP contribution in [0.3, 0.4) is 0 Å². The molecule has 0 amide bonds. The van der Waals surface area contributed by atoms with Gasteiger partial charge in [0.2, 0.25) is 0 Å². The number of aromatic hydroxyl groups is 2. The van der Waals surface area contributed by atoms with E-state index >= 15 is 0 Å². The summed E-state index contributed by atoms with van der Waals surface area (Å²) in [5, 5.41) is 30.9. The largest absolute Gasteiger partial charge is 0.504 e. The molecule has 27 heavy (non-hydrogen) atoms. The van der Waals surface area contributed by atoms with Gasteiger partial charge in [-0.2, -0.15) is 0 Å². The zero-order valence-electron chi connectivity index (χ0n) is 14.5. The van der Waals surface area contributed by atoms with Gasteiger partial charge in [0.05, 0.1) is 12.2 Å². The molecule has 0 aromatic heterocycles. The van der Waals surface area contributed by atoms with Crippen LogP contribution in [0, 0.1) is 0 Å². The van der Waals surface area contributed by atoms with Crippen LogP contribution in [0.4, 0.5) is 0 Å². The molecule has 0 bridgehead atoms. The van der Waals surface area contributed by atoms with Gasteiger partial charge in [-0.15, -0.1) is 12.4 Å². The van der Waals surface area contributed by atoms with Crippen LogP contribution in [0.15, 0.2) is 48.5 Å². The lowest BCUT2D eigenvalue weighted by molar-refractivity contribution is -0.139. The summed E-state index contributed by atoms with van der Waals surface area (Å²) in [6.45, 7) is 0.524. The van der Waals surface area contributed by atoms with Crippen molar-refractivity contribution in [1.82, 2.24) is 5.32 Å². The van der Waals surface area contributed by atoms with Gasteiger partial charge < -0.3 is 25.4 Å². The number of nitrogens with one attached hydrogen (secondary N) is 1. The van der Waals surface area contributed by atoms with E-state index in [0.717, 1.165) is 0 Å². The maximum atomic E-state index is 11.8. The molecular formula is C19H22ClNO6. The van der Waals surface area contributed by atoms with Crippen molar-refractivity contribution in [2.24, 2.45) is 0 Å². The van der Waals surface area contributed by atoms with Crippen LogP contribution in [-0.4, -0.2) is 46.5 Å². The van der Waals surface area contributed by atoms with Crippen LogP contribution in [0.1, 0.15) is 22.3 Å². The number of benzene rings is 2. The number of carbonyl (C=O) groups excluding carboxylic acids is 1. The summed E-state index contributed by atoms with van der Waals surface area (Å²) in [4.78, 5) is 23.1. The number of carbonyl (C=O) groups is 2. The Morgan fingerprint density at radius 3 is 2.37 bits per heavy atom. The Balaban J connectivity index is 0.00000364. The minimum Gasteiger partial charge on any atom is -0.504 e. The lowest BCUT2D eigenvalue weighted by atomic mass is 10.1. The highest BCUT2D eigenvalue weighted by atomic mass is 35.5. The number of esters is 1. The SMILES string of the molecule is Cl.O=C(OCCCN[C@@H](Cc1ccc(O)c(O)c1)C(=O)O)c1ccccc1. The molecular weight excluding hydrogens is 374 g/mol. The van der Waals surface area contributed by atoms with E-state index in [0.29, 0.717) is 24.1 Å². The van der Waals surface area contributed by atoms with Crippen LogP contribution >= 0.6 is 12.4 Å². The van der Waals surface area contributed by atoms with Crippen molar-refractivity contribution in [1.29, 1.82) is 0 Å². The number of aliphatic carboxylic acids is 1. The van der Waals surface area contributed by atoms with Crippen molar-refractivity contribution in [2.45, 2.75) is 18.9 Å². The second-order valence-corrected chi connectivity index (χ2v) is 5.73. The van der Waals surface area contributed by atoms with Gasteiger partial charge in [-0.25, -0.2) is 4.79 Å². The Labute approximate surface area is 163 Å². The number of carboxylic acids is 1. The summed E-state index contributed by atoms with van der Waals surface area (Å²) in [6, 6.07) is 12.0. The van der Waals surface area contributed by atoms with E-state index in [1.165, 1.54) is 12.1 Å². The van der Waals surface area contributed by atoms with Crippen molar-refractivity contribution in [3.63, 3.8) is 0 Å². The van der Waals surface area contributed by atoms with E-state index < -0.39 is 18.0 Å². The van der Waals surface area contributed by atoms with Crippen LogP contribution < -0.4 is 5.32 Å². The summed E-state index contributed by atoms with van der Waals surface area (Å²) in [6.07, 6.45) is 0.607. The van der Waals surface area contributed by atoms with E-state index in [2.05, 4.69) is 5.32 Å². The second kappa shape index (κ2) is 11.1. The maximum Gasteiger partial charge on any atom is 0.338 e. The predicted molar refractivity (Wildman–Crippen MR) is 101 cm³/mol. The van der Waals surface area contributed by atoms with Gasteiger partial charge in [-0.3, -0.25) is 4.79 Å². The standard InChI is InChI=1S/C19H21NO6.ClH/c21-16-8-7-13(12-17(16)22)11-15(18(23)24)20-9-4-10-26-19(25)14-5-2-1-3-6-14;/h1-3,5-8,12,15,20-22H,4,9-11H2,(H,23,24);1H/t15-;/m0./s1. The Kier molecular flexibility index (Phi) is 9.12. The summed E-state index contributed by atoms with van der Waals surface area (Å²) in [7, 11) is 0. The van der Waals surface area contributed by atoms with Gasteiger partial charge >= 0.3 is 11.9 Å². The third kappa shape index (κ3) is 7.16. The van der Waals surface area contributed by atoms with Gasteiger partial charge in [0.15, 0.2) is 11.5 Å². The Hall–Kier alpha value is -2.77. The number of carboxylic acid groups (broad SMARTS) is 1. The smallest absolute Gasteiger partial charge is 0.338 e. The number of ether oxygens (including phenoxy) is 1. The first kappa shape index (κ1) is 22.3. The van der Waals surface area contributed by atoms with Gasteiger partial charge in [-0.1, -0.05) is 24.3 Å². The van der Waals surface area contributed by atoms with Crippen LogP contribution in [0.5, 0.6) is 11.5 Å². The maximum absolute atomic E-state index is 11.8. The van der Waals surface area contributed by atoms with Crippen molar-refractivity contribution in [3.05, 3.63) is 59.7 Å². The zero-order valence-corrected chi connectivity index (χ0v) is 15.3. The van der Waals surface area contributed by atoms with E-state index in [1.54, 1.807) is 36.4 Å². The molecule has 0 radical (unpaired) electrons. The molecule has 2 rings (SSSR count). The molecule has 0 unspecified atom stereocenters. The third-order valence-electron chi connectivity index (χ3n) is 3.73. The first-order valence-corrected chi connectivity index (χ1v) is 8.16. The van der Waals surface area contributed by atoms with E-state index in [4.69, 9.17) is 4.74 Å². The van der Waals surface area contributed by atoms with Crippen molar-refractivity contribution in [2.75, 3.05) is 13.2 Å². The molecule has 7 nitrogen and oxygen atoms in total. The van der Waals surface area contributed by atoms with Gasteiger partial charge in [-0.05, 0) is 49.2 Å². The fourth-order valence-electron chi connectivity index (χ4n) is 2.35. The number of phenolic OH excluding ortho intramolecular Hbond substituents is 2. The highest BCUT2D eigenvalue weighted by Gasteiger charge is 2.18. The molecule has 2 aromatic rings. The number of phenols is 2. The summed E-state index contributed by atoms with van der Waals surface area (Å²) in [5.74, 6) is -1.99. The monoisotopic (exact) mass is 395 g/mol. The quantitative estimate of drug-likeness (QED) is 0.292. The van der Waals surface area contributed by atoms with E-state index in [1.807, 2.05) is 0 Å². The molecule has 0 aliphatic heterocycles. The molecule has 0 aliphatic rings. The number of hydrogen-bond acceptors (Lipinski definition) is 6. The first-order chi connectivity index (χ1) is 12.5. The Bertz CT molecular complexity index is 753. The van der Waals surface area contributed by atoms with Crippen LogP contribution in [-0.2, 0) is 16.0 Å². The molecule has 146 valence electrons. The van der Waals surface area contributed by atoms with Crippen LogP contribution in [0.25, 0.3) is 0 Å². The lowest BCUT2D eigenvalue weighted by Gasteiger charge is -2.15. The minimum absolute atomic E-state index is 0. The van der Waals surface area contributed by atoms with Gasteiger partial charge in [0.25, 0.3) is 0 Å². The molecule has 4 N–H and O–H groups in total. The van der Waals surface area contributed by atoms with Gasteiger partial charge in [0, 0.05) is 0 Å². The summed E-state index contributed by atoms with van der Waals surface area (Å²) in [5.41, 5.74) is 1.05. The molecule has 0 spiro atoms.